The van der Waals surface area contributed by atoms with Crippen LogP contribution in [0.1, 0.15) is 35.3 Å². The van der Waals surface area contributed by atoms with Crippen molar-refractivity contribution in [2.75, 3.05) is 11.5 Å². The number of carbonyl (C=O) groups is 1. The molecule has 0 spiro atoms. The van der Waals surface area contributed by atoms with Gasteiger partial charge in [-0.1, -0.05) is 35.5 Å². The van der Waals surface area contributed by atoms with E-state index in [1.165, 1.54) is 0 Å². The van der Waals surface area contributed by atoms with Gasteiger partial charge in [-0.05, 0) is 32.3 Å². The zero-order valence-electron chi connectivity index (χ0n) is 16.0. The summed E-state index contributed by atoms with van der Waals surface area (Å²) < 4.78 is 29.5. The summed E-state index contributed by atoms with van der Waals surface area (Å²) in [7, 11) is -3.09. The van der Waals surface area contributed by atoms with Crippen LogP contribution in [0.5, 0.6) is 0 Å². The smallest absolute Gasteiger partial charge is 0.259 e. The molecule has 0 radical (unpaired) electrons. The Hall–Kier alpha value is -2.74. The van der Waals surface area contributed by atoms with Crippen LogP contribution in [-0.4, -0.2) is 53.0 Å². The lowest BCUT2D eigenvalue weighted by Crippen LogP contribution is -2.42. The Morgan fingerprint density at radius 2 is 1.90 bits per heavy atom. The Bertz CT molecular complexity index is 1200. The molecule has 0 N–H and O–H groups in total. The van der Waals surface area contributed by atoms with Crippen molar-refractivity contribution in [3.05, 3.63) is 47.7 Å². The number of amides is 1. The van der Waals surface area contributed by atoms with E-state index in [1.54, 1.807) is 17.9 Å². The largest absolute Gasteiger partial charge is 0.335 e. The van der Waals surface area contributed by atoms with Crippen molar-refractivity contribution in [2.24, 2.45) is 0 Å². The summed E-state index contributed by atoms with van der Waals surface area (Å²) in [5.41, 5.74) is 2.90. The van der Waals surface area contributed by atoms with E-state index in [0.717, 1.165) is 18.4 Å². The molecule has 1 saturated heterocycles. The maximum absolute atomic E-state index is 13.7. The number of hydrogen-bond acceptors (Lipinski definition) is 6. The highest BCUT2D eigenvalue weighted by Crippen LogP contribution is 2.36. The summed E-state index contributed by atoms with van der Waals surface area (Å²) in [5, 5.41) is 4.61. The second kappa shape index (κ2) is 6.66. The van der Waals surface area contributed by atoms with E-state index in [4.69, 9.17) is 4.52 Å². The number of nitrogens with zero attached hydrogens (tertiary/aromatic N) is 3. The Morgan fingerprint density at radius 1 is 1.14 bits per heavy atom. The monoisotopic (exact) mass is 411 g/mol. The molecule has 1 aliphatic carbocycles. The van der Waals surface area contributed by atoms with E-state index in [0.29, 0.717) is 34.5 Å². The average molecular weight is 411 g/mol. The van der Waals surface area contributed by atoms with Gasteiger partial charge in [0.25, 0.3) is 11.6 Å². The molecule has 2 aliphatic rings. The molecular formula is C21H21N3O4S. The fourth-order valence-corrected chi connectivity index (χ4v) is 5.85. The predicted octanol–water partition coefficient (Wildman–Crippen LogP) is 2.99. The number of carbonyl (C=O) groups excluding carboxylic acids is 1. The zero-order chi connectivity index (χ0) is 20.2. The van der Waals surface area contributed by atoms with Crippen LogP contribution in [0.25, 0.3) is 22.4 Å². The Kier molecular flexibility index (Phi) is 4.20. The summed E-state index contributed by atoms with van der Waals surface area (Å²) in [6.07, 6.45) is 2.31. The van der Waals surface area contributed by atoms with Gasteiger partial charge < -0.3 is 9.42 Å². The van der Waals surface area contributed by atoms with Crippen LogP contribution < -0.4 is 0 Å². The molecule has 5 rings (SSSR count). The Labute approximate surface area is 168 Å². The van der Waals surface area contributed by atoms with Crippen LogP contribution in [0.15, 0.2) is 40.9 Å². The number of pyridine rings is 1. The molecule has 0 unspecified atom stereocenters. The van der Waals surface area contributed by atoms with Gasteiger partial charge in [0.05, 0.1) is 33.8 Å². The molecule has 2 fully saturated rings. The normalized spacial score (nSPS) is 20.8. The van der Waals surface area contributed by atoms with E-state index in [9.17, 15) is 13.2 Å². The molecule has 150 valence electrons. The number of benzene rings is 1. The predicted molar refractivity (Wildman–Crippen MR) is 108 cm³/mol. The van der Waals surface area contributed by atoms with E-state index in [1.807, 2.05) is 30.3 Å². The standard InChI is InChI=1S/C21H21N3O4S/c1-13-19-17(11-18(22-20(19)28-23-13)14-5-3-2-4-6-14)21(25)24(15-7-8-15)16-9-10-29(26,27)12-16/h2-6,11,15-16H,7-10,12H2,1H3/t16-/m1/s1. The molecule has 3 aromatic rings. The van der Waals surface area contributed by atoms with Crippen molar-refractivity contribution in [2.45, 2.75) is 38.3 Å². The molecular weight excluding hydrogens is 390 g/mol. The van der Waals surface area contributed by atoms with E-state index >= 15 is 0 Å². The third-order valence-electron chi connectivity index (χ3n) is 5.69. The van der Waals surface area contributed by atoms with E-state index < -0.39 is 9.84 Å². The van der Waals surface area contributed by atoms with Crippen LogP contribution in [-0.2, 0) is 9.84 Å². The van der Waals surface area contributed by atoms with Crippen LogP contribution in [0.2, 0.25) is 0 Å². The molecule has 1 aromatic carbocycles. The second-order valence-corrected chi connectivity index (χ2v) is 10.1. The van der Waals surface area contributed by atoms with Gasteiger partial charge in [0, 0.05) is 17.6 Å². The van der Waals surface area contributed by atoms with Crippen molar-refractivity contribution in [1.29, 1.82) is 0 Å². The minimum atomic E-state index is -3.09. The average Bonchev–Trinajstić information content (AvgIpc) is 3.38. The highest BCUT2D eigenvalue weighted by molar-refractivity contribution is 7.91. The Balaban J connectivity index is 1.63. The summed E-state index contributed by atoms with van der Waals surface area (Å²) in [5.74, 6) is 0.0181. The van der Waals surface area contributed by atoms with Gasteiger partial charge in [-0.25, -0.2) is 13.4 Å². The molecule has 1 amide bonds. The number of aryl methyl sites for hydroxylation is 1. The van der Waals surface area contributed by atoms with Gasteiger partial charge in [-0.3, -0.25) is 4.79 Å². The molecule has 7 nitrogen and oxygen atoms in total. The lowest BCUT2D eigenvalue weighted by Gasteiger charge is -2.28. The summed E-state index contributed by atoms with van der Waals surface area (Å²) in [6.45, 7) is 1.79. The minimum absolute atomic E-state index is 0.0393. The van der Waals surface area contributed by atoms with Gasteiger partial charge >= 0.3 is 0 Å². The van der Waals surface area contributed by atoms with Crippen molar-refractivity contribution < 1.29 is 17.7 Å². The number of hydrogen-bond donors (Lipinski definition) is 0. The molecule has 0 bridgehead atoms. The topological polar surface area (TPSA) is 93.4 Å². The molecule has 29 heavy (non-hydrogen) atoms. The third-order valence-corrected chi connectivity index (χ3v) is 7.44. The SMILES string of the molecule is Cc1noc2nc(-c3ccccc3)cc(C(=O)N(C3CC3)[C@@H]3CCS(=O)(=O)C3)c12. The molecule has 1 saturated carbocycles. The number of sulfone groups is 1. The van der Waals surface area contributed by atoms with Crippen LogP contribution in [0.3, 0.4) is 0 Å². The maximum atomic E-state index is 13.7. The molecule has 1 atom stereocenters. The maximum Gasteiger partial charge on any atom is 0.259 e. The van der Waals surface area contributed by atoms with Crippen LogP contribution in [0.4, 0.5) is 0 Å². The molecule has 3 heterocycles. The van der Waals surface area contributed by atoms with Gasteiger partial charge in [0.15, 0.2) is 9.84 Å². The second-order valence-electron chi connectivity index (χ2n) is 7.87. The first-order chi connectivity index (χ1) is 13.9. The number of fused-ring (bicyclic) bond motifs is 1. The fourth-order valence-electron chi connectivity index (χ4n) is 4.14. The van der Waals surface area contributed by atoms with Crippen molar-refractivity contribution >= 4 is 26.8 Å². The Morgan fingerprint density at radius 3 is 2.55 bits per heavy atom. The van der Waals surface area contributed by atoms with Gasteiger partial charge in [0.2, 0.25) is 0 Å². The molecule has 8 heteroatoms. The molecule has 1 aliphatic heterocycles. The van der Waals surface area contributed by atoms with Crippen molar-refractivity contribution in [1.82, 2.24) is 15.0 Å². The van der Waals surface area contributed by atoms with Gasteiger partial charge in [0.1, 0.15) is 0 Å². The number of rotatable bonds is 4. The van der Waals surface area contributed by atoms with E-state index in [2.05, 4.69) is 10.1 Å². The minimum Gasteiger partial charge on any atom is -0.335 e. The first kappa shape index (κ1) is 18.3. The first-order valence-corrected chi connectivity index (χ1v) is 11.6. The van der Waals surface area contributed by atoms with Crippen molar-refractivity contribution in [3.63, 3.8) is 0 Å². The van der Waals surface area contributed by atoms with Crippen molar-refractivity contribution in [3.8, 4) is 11.3 Å². The lowest BCUT2D eigenvalue weighted by atomic mass is 10.0. The third kappa shape index (κ3) is 3.31. The van der Waals surface area contributed by atoms with Gasteiger partial charge in [-0.2, -0.15) is 0 Å². The number of aromatic nitrogens is 2. The lowest BCUT2D eigenvalue weighted by molar-refractivity contribution is 0.0682. The summed E-state index contributed by atoms with van der Waals surface area (Å²) >= 11 is 0. The fraction of sp³-hybridized carbons (Fsp3) is 0.381. The van der Waals surface area contributed by atoms with E-state index in [-0.39, 0.29) is 29.5 Å². The van der Waals surface area contributed by atoms with Crippen LogP contribution >= 0.6 is 0 Å². The summed E-state index contributed by atoms with van der Waals surface area (Å²) in [4.78, 5) is 20.1. The van der Waals surface area contributed by atoms with Gasteiger partial charge in [-0.15, -0.1) is 0 Å². The summed E-state index contributed by atoms with van der Waals surface area (Å²) in [6, 6.07) is 11.2. The zero-order valence-corrected chi connectivity index (χ0v) is 16.9. The molecule has 2 aromatic heterocycles. The quantitative estimate of drug-likeness (QED) is 0.655. The first-order valence-electron chi connectivity index (χ1n) is 9.78. The van der Waals surface area contributed by atoms with Crippen LogP contribution in [0, 0.1) is 6.92 Å². The highest BCUT2D eigenvalue weighted by Gasteiger charge is 2.43. The highest BCUT2D eigenvalue weighted by atomic mass is 32.2.